The molecule has 0 amide bonds. The first-order valence-electron chi connectivity index (χ1n) is 6.90. The van der Waals surface area contributed by atoms with Crippen LogP contribution in [0.2, 0.25) is 0 Å². The highest BCUT2D eigenvalue weighted by molar-refractivity contribution is 5.73. The van der Waals surface area contributed by atoms with Crippen LogP contribution < -0.4 is 0 Å². The van der Waals surface area contributed by atoms with Gasteiger partial charge in [0.15, 0.2) is 6.29 Å². The topological polar surface area (TPSA) is 45.8 Å². The van der Waals surface area contributed by atoms with Crippen molar-refractivity contribution in [1.29, 1.82) is 0 Å². The molecular weight excluding hydrogens is 236 g/mol. The second kappa shape index (κ2) is 6.88. The number of aldehydes is 1. The highest BCUT2D eigenvalue weighted by Gasteiger charge is 2.09. The van der Waals surface area contributed by atoms with Gasteiger partial charge in [-0.3, -0.25) is 4.79 Å². The molecular formula is C16H20N2O. The van der Waals surface area contributed by atoms with Crippen LogP contribution in [0.5, 0.6) is 0 Å². The zero-order valence-electron chi connectivity index (χ0n) is 11.4. The van der Waals surface area contributed by atoms with Crippen molar-refractivity contribution in [2.75, 3.05) is 0 Å². The van der Waals surface area contributed by atoms with E-state index in [0.29, 0.717) is 5.69 Å². The summed E-state index contributed by atoms with van der Waals surface area (Å²) in [7, 11) is 0. The van der Waals surface area contributed by atoms with Gasteiger partial charge in [-0.1, -0.05) is 43.7 Å². The van der Waals surface area contributed by atoms with Gasteiger partial charge < -0.3 is 4.98 Å². The van der Waals surface area contributed by atoms with Gasteiger partial charge in [0.05, 0.1) is 5.69 Å². The van der Waals surface area contributed by atoms with Crippen LogP contribution in [0.1, 0.15) is 47.3 Å². The molecule has 100 valence electrons. The highest BCUT2D eigenvalue weighted by Crippen LogP contribution is 2.11. The van der Waals surface area contributed by atoms with E-state index in [-0.39, 0.29) is 0 Å². The third-order valence-corrected chi connectivity index (χ3v) is 3.24. The van der Waals surface area contributed by atoms with Crippen LogP contribution in [0.3, 0.4) is 0 Å². The predicted octanol–water partition coefficient (Wildman–Crippen LogP) is 3.35. The maximum absolute atomic E-state index is 11.1. The third-order valence-electron chi connectivity index (χ3n) is 3.24. The molecule has 2 aromatic rings. The molecule has 1 heterocycles. The second-order valence-electron chi connectivity index (χ2n) is 4.75. The maximum Gasteiger partial charge on any atom is 0.168 e. The number of hydrogen-bond donors (Lipinski definition) is 1. The fraction of sp³-hybridized carbons (Fsp3) is 0.375. The third kappa shape index (κ3) is 3.78. The summed E-state index contributed by atoms with van der Waals surface area (Å²) in [4.78, 5) is 18.7. The zero-order chi connectivity index (χ0) is 13.5. The van der Waals surface area contributed by atoms with E-state index in [1.165, 1.54) is 5.56 Å². The quantitative estimate of drug-likeness (QED) is 0.772. The van der Waals surface area contributed by atoms with Crippen molar-refractivity contribution >= 4 is 6.29 Å². The van der Waals surface area contributed by atoms with Gasteiger partial charge in [-0.15, -0.1) is 0 Å². The number of aromatic nitrogens is 2. The van der Waals surface area contributed by atoms with Crippen LogP contribution in [0.15, 0.2) is 30.3 Å². The lowest BCUT2D eigenvalue weighted by atomic mass is 10.1. The summed E-state index contributed by atoms with van der Waals surface area (Å²) in [6, 6.07) is 10.3. The van der Waals surface area contributed by atoms with Crippen LogP contribution in [0.25, 0.3) is 0 Å². The molecule has 0 atom stereocenters. The van der Waals surface area contributed by atoms with Crippen molar-refractivity contribution in [3.8, 4) is 0 Å². The zero-order valence-corrected chi connectivity index (χ0v) is 11.4. The standard InChI is InChI=1S/C16H20N2O/c1-2-3-9-16-17-14(15(12-19)18-16)11-10-13-7-5-4-6-8-13/h4-8,12H,2-3,9-11H2,1H3,(H,17,18). The molecule has 0 aliphatic heterocycles. The number of carbonyl (C=O) groups is 1. The van der Waals surface area contributed by atoms with Crippen molar-refractivity contribution < 1.29 is 4.79 Å². The van der Waals surface area contributed by atoms with Gasteiger partial charge in [0, 0.05) is 6.42 Å². The number of unbranched alkanes of at least 4 members (excludes halogenated alkanes) is 1. The van der Waals surface area contributed by atoms with Crippen molar-refractivity contribution in [3.63, 3.8) is 0 Å². The number of imidazole rings is 1. The molecule has 0 saturated carbocycles. The first-order chi connectivity index (χ1) is 9.33. The summed E-state index contributed by atoms with van der Waals surface area (Å²) < 4.78 is 0. The van der Waals surface area contributed by atoms with E-state index in [2.05, 4.69) is 29.0 Å². The number of carbonyl (C=O) groups excluding carboxylic acids is 1. The van der Waals surface area contributed by atoms with Crippen LogP contribution >= 0.6 is 0 Å². The minimum absolute atomic E-state index is 0.641. The molecule has 0 aliphatic carbocycles. The Morgan fingerprint density at radius 3 is 2.63 bits per heavy atom. The van der Waals surface area contributed by atoms with Gasteiger partial charge in [0.25, 0.3) is 0 Å². The van der Waals surface area contributed by atoms with Gasteiger partial charge >= 0.3 is 0 Å². The van der Waals surface area contributed by atoms with E-state index in [9.17, 15) is 4.79 Å². The Hall–Kier alpha value is -1.90. The van der Waals surface area contributed by atoms with Crippen molar-refractivity contribution in [3.05, 3.63) is 53.1 Å². The van der Waals surface area contributed by atoms with Gasteiger partial charge in [0.1, 0.15) is 11.5 Å². The fourth-order valence-corrected chi connectivity index (χ4v) is 2.14. The van der Waals surface area contributed by atoms with Crippen LogP contribution in [0.4, 0.5) is 0 Å². The normalized spacial score (nSPS) is 10.6. The minimum atomic E-state index is 0.641. The summed E-state index contributed by atoms with van der Waals surface area (Å²) in [6.07, 6.45) is 5.76. The lowest BCUT2D eigenvalue weighted by Crippen LogP contribution is -1.95. The largest absolute Gasteiger partial charge is 0.340 e. The number of H-pyrrole nitrogens is 1. The molecule has 0 spiro atoms. The lowest BCUT2D eigenvalue weighted by molar-refractivity contribution is 0.111. The summed E-state index contributed by atoms with van der Waals surface area (Å²) >= 11 is 0. The molecule has 0 aliphatic rings. The van der Waals surface area contributed by atoms with Crippen molar-refractivity contribution in [1.82, 2.24) is 9.97 Å². The Morgan fingerprint density at radius 1 is 1.16 bits per heavy atom. The molecule has 0 unspecified atom stereocenters. The molecule has 1 N–H and O–H groups in total. The Kier molecular flexibility index (Phi) is 4.90. The van der Waals surface area contributed by atoms with E-state index < -0.39 is 0 Å². The second-order valence-corrected chi connectivity index (χ2v) is 4.75. The molecule has 3 heteroatoms. The van der Waals surface area contributed by atoms with E-state index in [1.807, 2.05) is 18.2 Å². The molecule has 3 nitrogen and oxygen atoms in total. The Labute approximate surface area is 114 Å². The molecule has 2 rings (SSSR count). The van der Waals surface area contributed by atoms with E-state index in [1.54, 1.807) is 0 Å². The maximum atomic E-state index is 11.1. The van der Waals surface area contributed by atoms with Gasteiger partial charge in [-0.05, 0) is 24.8 Å². The number of hydrogen-bond acceptors (Lipinski definition) is 2. The van der Waals surface area contributed by atoms with Crippen LogP contribution in [-0.2, 0) is 19.3 Å². The fourth-order valence-electron chi connectivity index (χ4n) is 2.14. The summed E-state index contributed by atoms with van der Waals surface area (Å²) in [5.41, 5.74) is 2.81. The summed E-state index contributed by atoms with van der Waals surface area (Å²) in [5.74, 6) is 0.937. The highest BCUT2D eigenvalue weighted by atomic mass is 16.1. The monoisotopic (exact) mass is 256 g/mol. The van der Waals surface area contributed by atoms with Gasteiger partial charge in [0.2, 0.25) is 0 Å². The van der Waals surface area contributed by atoms with Crippen LogP contribution in [-0.4, -0.2) is 16.3 Å². The smallest absolute Gasteiger partial charge is 0.168 e. The van der Waals surface area contributed by atoms with E-state index >= 15 is 0 Å². The average molecular weight is 256 g/mol. The van der Waals surface area contributed by atoms with Gasteiger partial charge in [-0.25, -0.2) is 4.98 Å². The molecule has 0 saturated heterocycles. The summed E-state index contributed by atoms with van der Waals surface area (Å²) in [5, 5.41) is 0. The molecule has 1 aromatic carbocycles. The minimum Gasteiger partial charge on any atom is -0.340 e. The Morgan fingerprint density at radius 2 is 1.95 bits per heavy atom. The average Bonchev–Trinajstić information content (AvgIpc) is 2.86. The number of nitrogens with one attached hydrogen (secondary N) is 1. The van der Waals surface area contributed by atoms with Gasteiger partial charge in [-0.2, -0.15) is 0 Å². The molecule has 0 radical (unpaired) electrons. The number of aromatic amines is 1. The van der Waals surface area contributed by atoms with Crippen molar-refractivity contribution in [2.45, 2.75) is 39.0 Å². The Balaban J connectivity index is 2.02. The summed E-state index contributed by atoms with van der Waals surface area (Å²) in [6.45, 7) is 2.15. The molecule has 0 fully saturated rings. The number of nitrogens with zero attached hydrogens (tertiary/aromatic N) is 1. The SMILES string of the molecule is CCCCc1nc(CCc2ccccc2)c(C=O)[nH]1. The first kappa shape index (κ1) is 13.5. The van der Waals surface area contributed by atoms with E-state index in [4.69, 9.17) is 0 Å². The first-order valence-corrected chi connectivity index (χ1v) is 6.90. The van der Waals surface area contributed by atoms with E-state index in [0.717, 1.165) is 49.9 Å². The molecule has 1 aromatic heterocycles. The lowest BCUT2D eigenvalue weighted by Gasteiger charge is -1.99. The molecule has 19 heavy (non-hydrogen) atoms. The van der Waals surface area contributed by atoms with Crippen molar-refractivity contribution in [2.24, 2.45) is 0 Å². The predicted molar refractivity (Wildman–Crippen MR) is 76.4 cm³/mol. The Bertz CT molecular complexity index is 517. The van der Waals surface area contributed by atoms with Crippen LogP contribution in [0, 0.1) is 0 Å². The number of rotatable bonds is 7. The molecule has 0 bridgehead atoms. The number of aryl methyl sites for hydroxylation is 3. The number of benzene rings is 1.